The second kappa shape index (κ2) is 6.24. The number of anilines is 1. The fourth-order valence-electron chi connectivity index (χ4n) is 1.49. The number of aryl methyl sites for hydroxylation is 1. The second-order valence-electron chi connectivity index (χ2n) is 3.99. The molecule has 1 aromatic rings. The van der Waals surface area contributed by atoms with E-state index in [4.69, 9.17) is 5.26 Å². The van der Waals surface area contributed by atoms with Gasteiger partial charge in [0.15, 0.2) is 0 Å². The number of nitriles is 1. The molecule has 98 valence electrons. The van der Waals surface area contributed by atoms with Crippen LogP contribution in [0.4, 0.5) is 19.0 Å². The van der Waals surface area contributed by atoms with Crippen LogP contribution in [0.5, 0.6) is 0 Å². The summed E-state index contributed by atoms with van der Waals surface area (Å²) in [6.07, 6.45) is -4.35. The van der Waals surface area contributed by atoms with Gasteiger partial charge < -0.3 is 5.32 Å². The zero-order valence-corrected chi connectivity index (χ0v) is 10.0. The van der Waals surface area contributed by atoms with E-state index >= 15 is 0 Å². The molecule has 0 aliphatic carbocycles. The van der Waals surface area contributed by atoms with Gasteiger partial charge in [0, 0.05) is 18.7 Å². The summed E-state index contributed by atoms with van der Waals surface area (Å²) in [5.74, 6) is 0.526. The summed E-state index contributed by atoms with van der Waals surface area (Å²) in [6, 6.07) is 5.23. The standard InChI is InChI=1S/C12H14F3N3/c1-9-6-10(8-16)7-11(18-9)17-5-3-2-4-12(13,14)15/h6-7H,2-5H2,1H3,(H,17,18). The molecule has 0 amide bonds. The Bertz CT molecular complexity index is 435. The number of nitrogens with one attached hydrogen (secondary N) is 1. The molecule has 0 bridgehead atoms. The van der Waals surface area contributed by atoms with E-state index < -0.39 is 12.6 Å². The minimum absolute atomic E-state index is 0.0907. The average molecular weight is 257 g/mol. The zero-order chi connectivity index (χ0) is 13.6. The molecule has 0 atom stereocenters. The van der Waals surface area contributed by atoms with E-state index in [1.165, 1.54) is 0 Å². The van der Waals surface area contributed by atoms with Crippen molar-refractivity contribution in [2.75, 3.05) is 11.9 Å². The molecule has 18 heavy (non-hydrogen) atoms. The Balaban J connectivity index is 2.36. The molecule has 0 spiro atoms. The van der Waals surface area contributed by atoms with Gasteiger partial charge in [0.2, 0.25) is 0 Å². The molecule has 1 heterocycles. The molecule has 0 unspecified atom stereocenters. The molecule has 0 aliphatic rings. The highest BCUT2D eigenvalue weighted by molar-refractivity contribution is 5.44. The van der Waals surface area contributed by atoms with Gasteiger partial charge in [-0.1, -0.05) is 0 Å². The van der Waals surface area contributed by atoms with Gasteiger partial charge in [0.25, 0.3) is 0 Å². The van der Waals surface area contributed by atoms with Crippen molar-refractivity contribution in [1.29, 1.82) is 5.26 Å². The van der Waals surface area contributed by atoms with E-state index in [0.717, 1.165) is 0 Å². The van der Waals surface area contributed by atoms with Crippen molar-refractivity contribution < 1.29 is 13.2 Å². The van der Waals surface area contributed by atoms with E-state index in [9.17, 15) is 13.2 Å². The first-order valence-electron chi connectivity index (χ1n) is 5.60. The van der Waals surface area contributed by atoms with E-state index in [1.54, 1.807) is 19.1 Å². The number of pyridine rings is 1. The Hall–Kier alpha value is -1.77. The summed E-state index contributed by atoms with van der Waals surface area (Å²) >= 11 is 0. The van der Waals surface area contributed by atoms with Crippen molar-refractivity contribution in [2.24, 2.45) is 0 Å². The lowest BCUT2D eigenvalue weighted by Gasteiger charge is -2.08. The molecule has 3 nitrogen and oxygen atoms in total. The van der Waals surface area contributed by atoms with Crippen molar-refractivity contribution in [3.63, 3.8) is 0 Å². The fourth-order valence-corrected chi connectivity index (χ4v) is 1.49. The van der Waals surface area contributed by atoms with Gasteiger partial charge in [-0.15, -0.1) is 0 Å². The first-order chi connectivity index (χ1) is 8.40. The Morgan fingerprint density at radius 1 is 1.33 bits per heavy atom. The van der Waals surface area contributed by atoms with Crippen molar-refractivity contribution in [3.05, 3.63) is 23.4 Å². The molecule has 1 rings (SSSR count). The molecule has 1 N–H and O–H groups in total. The summed E-state index contributed by atoms with van der Waals surface area (Å²) < 4.78 is 35.7. The van der Waals surface area contributed by atoms with Crippen LogP contribution in [0.1, 0.15) is 30.5 Å². The second-order valence-corrected chi connectivity index (χ2v) is 3.99. The quantitative estimate of drug-likeness (QED) is 0.822. The number of alkyl halides is 3. The van der Waals surface area contributed by atoms with Crippen LogP contribution in [0.3, 0.4) is 0 Å². The Kier molecular flexibility index (Phi) is 4.95. The summed E-state index contributed by atoms with van der Waals surface area (Å²) in [5.41, 5.74) is 1.19. The van der Waals surface area contributed by atoms with Crippen molar-refractivity contribution in [1.82, 2.24) is 4.98 Å². The average Bonchev–Trinajstić information content (AvgIpc) is 2.26. The Morgan fingerprint density at radius 2 is 2.06 bits per heavy atom. The van der Waals surface area contributed by atoms with Crippen LogP contribution >= 0.6 is 0 Å². The minimum Gasteiger partial charge on any atom is -0.370 e. The van der Waals surface area contributed by atoms with Gasteiger partial charge >= 0.3 is 6.18 Å². The topological polar surface area (TPSA) is 48.7 Å². The first kappa shape index (κ1) is 14.3. The maximum Gasteiger partial charge on any atom is 0.389 e. The Morgan fingerprint density at radius 3 is 2.67 bits per heavy atom. The maximum atomic E-state index is 11.9. The van der Waals surface area contributed by atoms with Gasteiger partial charge in [0.1, 0.15) is 5.82 Å². The number of halogens is 3. The number of hydrogen-bond acceptors (Lipinski definition) is 3. The first-order valence-corrected chi connectivity index (χ1v) is 5.60. The highest BCUT2D eigenvalue weighted by Crippen LogP contribution is 2.22. The van der Waals surface area contributed by atoms with E-state index in [2.05, 4.69) is 10.3 Å². The molecule has 0 aromatic carbocycles. The van der Waals surface area contributed by atoms with Gasteiger partial charge in [-0.2, -0.15) is 18.4 Å². The molecular weight excluding hydrogens is 243 g/mol. The predicted molar refractivity (Wildman–Crippen MR) is 62.1 cm³/mol. The molecule has 0 saturated carbocycles. The highest BCUT2D eigenvalue weighted by atomic mass is 19.4. The van der Waals surface area contributed by atoms with Crippen molar-refractivity contribution >= 4 is 5.82 Å². The molecule has 0 aliphatic heterocycles. The molecule has 6 heteroatoms. The molecule has 0 saturated heterocycles. The van der Waals surface area contributed by atoms with E-state index in [-0.39, 0.29) is 6.42 Å². The molecular formula is C12H14F3N3. The summed E-state index contributed by atoms with van der Waals surface area (Å²) in [6.45, 7) is 2.17. The van der Waals surface area contributed by atoms with Crippen LogP contribution < -0.4 is 5.32 Å². The number of unbranched alkanes of at least 4 members (excludes halogenated alkanes) is 1. The highest BCUT2D eigenvalue weighted by Gasteiger charge is 2.25. The predicted octanol–water partition coefficient (Wildman–Crippen LogP) is 3.41. The monoisotopic (exact) mass is 257 g/mol. The van der Waals surface area contributed by atoms with E-state index in [1.807, 2.05) is 6.07 Å². The van der Waals surface area contributed by atoms with Gasteiger partial charge in [-0.3, -0.25) is 0 Å². The Labute approximate surface area is 104 Å². The smallest absolute Gasteiger partial charge is 0.370 e. The van der Waals surface area contributed by atoms with Crippen LogP contribution in [0, 0.1) is 18.3 Å². The van der Waals surface area contributed by atoms with Gasteiger partial charge in [-0.05, 0) is 31.9 Å². The largest absolute Gasteiger partial charge is 0.389 e. The molecule has 1 aromatic heterocycles. The van der Waals surface area contributed by atoms with Crippen LogP contribution in [-0.4, -0.2) is 17.7 Å². The number of rotatable bonds is 5. The van der Waals surface area contributed by atoms with Crippen molar-refractivity contribution in [3.8, 4) is 6.07 Å². The van der Waals surface area contributed by atoms with E-state index in [0.29, 0.717) is 30.0 Å². The molecule has 0 fully saturated rings. The minimum atomic E-state index is -4.09. The van der Waals surface area contributed by atoms with Crippen LogP contribution in [0.2, 0.25) is 0 Å². The van der Waals surface area contributed by atoms with Crippen molar-refractivity contribution in [2.45, 2.75) is 32.4 Å². The zero-order valence-electron chi connectivity index (χ0n) is 10.0. The normalized spacial score (nSPS) is 11.1. The number of aromatic nitrogens is 1. The van der Waals surface area contributed by atoms with Crippen LogP contribution in [-0.2, 0) is 0 Å². The third-order valence-electron chi connectivity index (χ3n) is 2.28. The number of hydrogen-bond donors (Lipinski definition) is 1. The van der Waals surface area contributed by atoms with Gasteiger partial charge in [0.05, 0.1) is 11.6 Å². The lowest BCUT2D eigenvalue weighted by molar-refractivity contribution is -0.135. The fraction of sp³-hybridized carbons (Fsp3) is 0.500. The lowest BCUT2D eigenvalue weighted by Crippen LogP contribution is -2.09. The third kappa shape index (κ3) is 5.53. The summed E-state index contributed by atoms with van der Waals surface area (Å²) in [7, 11) is 0. The number of nitrogens with zero attached hydrogens (tertiary/aromatic N) is 2. The van der Waals surface area contributed by atoms with Crippen LogP contribution in [0.25, 0.3) is 0 Å². The maximum absolute atomic E-state index is 11.9. The third-order valence-corrected chi connectivity index (χ3v) is 2.28. The van der Waals surface area contributed by atoms with Gasteiger partial charge in [-0.25, -0.2) is 4.98 Å². The SMILES string of the molecule is Cc1cc(C#N)cc(NCCCCC(F)(F)F)n1. The summed E-state index contributed by atoms with van der Waals surface area (Å²) in [5, 5.41) is 11.7. The summed E-state index contributed by atoms with van der Waals surface area (Å²) in [4.78, 5) is 4.14. The lowest BCUT2D eigenvalue weighted by atomic mass is 10.2. The van der Waals surface area contributed by atoms with Crippen LogP contribution in [0.15, 0.2) is 12.1 Å². The molecule has 0 radical (unpaired) electrons.